The highest BCUT2D eigenvalue weighted by atomic mass is 35.5. The van der Waals surface area contributed by atoms with E-state index in [1.807, 2.05) is 0 Å². The van der Waals surface area contributed by atoms with Crippen LogP contribution in [0.1, 0.15) is 19.4 Å². The third-order valence-corrected chi connectivity index (χ3v) is 2.42. The van der Waals surface area contributed by atoms with E-state index >= 15 is 0 Å². The van der Waals surface area contributed by atoms with E-state index in [4.69, 9.17) is 21.1 Å². The summed E-state index contributed by atoms with van der Waals surface area (Å²) in [4.78, 5) is 34.0. The molecule has 0 fully saturated rings. The number of ether oxygens (including phenoxy) is 2. The molecule has 1 aromatic rings. The number of esters is 2. The lowest BCUT2D eigenvalue weighted by Gasteiger charge is -2.08. The lowest BCUT2D eigenvalue weighted by molar-refractivity contribution is -0.144. The van der Waals surface area contributed by atoms with Crippen LogP contribution in [0.4, 0.5) is 0 Å². The van der Waals surface area contributed by atoms with Gasteiger partial charge in [0.15, 0.2) is 0 Å². The number of aromatic nitrogens is 2. The van der Waals surface area contributed by atoms with Gasteiger partial charge in [0.2, 0.25) is 0 Å². The molecule has 0 radical (unpaired) electrons. The molecule has 0 aromatic carbocycles. The third-order valence-electron chi connectivity index (χ3n) is 2.10. The summed E-state index contributed by atoms with van der Waals surface area (Å²) in [6.07, 6.45) is 1.21. The summed E-state index contributed by atoms with van der Waals surface area (Å²) in [6, 6.07) is 0. The van der Waals surface area contributed by atoms with Crippen molar-refractivity contribution in [3.05, 3.63) is 27.1 Å². The third kappa shape index (κ3) is 4.36. The van der Waals surface area contributed by atoms with Crippen LogP contribution < -0.4 is 5.56 Å². The van der Waals surface area contributed by atoms with Crippen LogP contribution in [0.2, 0.25) is 5.02 Å². The van der Waals surface area contributed by atoms with Gasteiger partial charge >= 0.3 is 11.9 Å². The molecule has 0 aliphatic heterocycles. The van der Waals surface area contributed by atoms with E-state index in [1.54, 1.807) is 6.92 Å². The summed E-state index contributed by atoms with van der Waals surface area (Å²) in [7, 11) is 0. The van der Waals surface area contributed by atoms with Gasteiger partial charge in [0, 0.05) is 6.92 Å². The molecule has 0 amide bonds. The van der Waals surface area contributed by atoms with E-state index in [0.717, 1.165) is 4.68 Å². The van der Waals surface area contributed by atoms with Crippen molar-refractivity contribution in [2.45, 2.75) is 27.0 Å². The molecule has 0 N–H and O–H groups in total. The number of carbonyl (C=O) groups is 2. The minimum Gasteiger partial charge on any atom is -0.465 e. The summed E-state index contributed by atoms with van der Waals surface area (Å²) in [5.41, 5.74) is -0.530. The van der Waals surface area contributed by atoms with Gasteiger partial charge in [-0.05, 0) is 6.92 Å². The monoisotopic (exact) mass is 288 g/mol. The first-order valence-corrected chi connectivity index (χ1v) is 5.87. The highest BCUT2D eigenvalue weighted by molar-refractivity contribution is 6.31. The number of nitrogens with zero attached hydrogens (tertiary/aromatic N) is 2. The van der Waals surface area contributed by atoms with Crippen molar-refractivity contribution in [2.75, 3.05) is 6.61 Å². The normalized spacial score (nSPS) is 10.1. The van der Waals surface area contributed by atoms with Crippen molar-refractivity contribution >= 4 is 23.5 Å². The molecule has 0 aliphatic rings. The second kappa shape index (κ2) is 6.89. The van der Waals surface area contributed by atoms with Gasteiger partial charge in [0.1, 0.15) is 13.2 Å². The Morgan fingerprint density at radius 2 is 2.11 bits per heavy atom. The average Bonchev–Trinajstić information content (AvgIpc) is 2.32. The van der Waals surface area contributed by atoms with E-state index in [-0.39, 0.29) is 30.3 Å². The fraction of sp³-hybridized carbons (Fsp3) is 0.455. The van der Waals surface area contributed by atoms with E-state index in [1.165, 1.54) is 13.1 Å². The van der Waals surface area contributed by atoms with Crippen LogP contribution >= 0.6 is 11.6 Å². The van der Waals surface area contributed by atoms with Gasteiger partial charge in [-0.25, -0.2) is 4.68 Å². The Kier molecular flexibility index (Phi) is 5.50. The number of hydrogen-bond donors (Lipinski definition) is 0. The summed E-state index contributed by atoms with van der Waals surface area (Å²) in [6.45, 7) is 2.49. The summed E-state index contributed by atoms with van der Waals surface area (Å²) >= 11 is 5.80. The molecule has 1 rings (SSSR count). The van der Waals surface area contributed by atoms with E-state index in [2.05, 4.69) is 5.10 Å². The Balaban J connectivity index is 2.96. The van der Waals surface area contributed by atoms with Crippen LogP contribution in [0.3, 0.4) is 0 Å². The molecule has 0 atom stereocenters. The summed E-state index contributed by atoms with van der Waals surface area (Å²) in [5.74, 6) is -1.12. The van der Waals surface area contributed by atoms with Crippen molar-refractivity contribution in [1.82, 2.24) is 9.78 Å². The van der Waals surface area contributed by atoms with Crippen LogP contribution in [0, 0.1) is 0 Å². The maximum atomic E-state index is 12.0. The largest absolute Gasteiger partial charge is 0.465 e. The number of halogens is 1. The van der Waals surface area contributed by atoms with Crippen LogP contribution in [0.15, 0.2) is 11.0 Å². The quantitative estimate of drug-likeness (QED) is 0.734. The molecule has 0 aliphatic carbocycles. The van der Waals surface area contributed by atoms with Crippen molar-refractivity contribution in [1.29, 1.82) is 0 Å². The Morgan fingerprint density at radius 3 is 2.68 bits per heavy atom. The van der Waals surface area contributed by atoms with Crippen molar-refractivity contribution in [3.8, 4) is 0 Å². The summed E-state index contributed by atoms with van der Waals surface area (Å²) in [5, 5.41) is 3.79. The number of hydrogen-bond acceptors (Lipinski definition) is 6. The molecule has 7 nitrogen and oxygen atoms in total. The maximum absolute atomic E-state index is 12.0. The molecule has 104 valence electrons. The van der Waals surface area contributed by atoms with E-state index < -0.39 is 17.5 Å². The number of carbonyl (C=O) groups excluding carboxylic acids is 2. The zero-order valence-electron chi connectivity index (χ0n) is 10.5. The highest BCUT2D eigenvalue weighted by Gasteiger charge is 2.14. The Bertz CT molecular complexity index is 540. The standard InChI is InChI=1S/C11H13ClN2O5/c1-3-18-10(16)5-14-11(17)8(6-19-7(2)15)9(12)4-13-14/h4H,3,5-6H2,1-2H3. The molecule has 0 spiro atoms. The fourth-order valence-corrected chi connectivity index (χ4v) is 1.43. The number of rotatable bonds is 5. The van der Waals surface area contributed by atoms with Gasteiger partial charge in [0.05, 0.1) is 23.4 Å². The van der Waals surface area contributed by atoms with Crippen molar-refractivity contribution < 1.29 is 19.1 Å². The van der Waals surface area contributed by atoms with E-state index in [9.17, 15) is 14.4 Å². The molecule has 0 saturated carbocycles. The molecule has 1 aromatic heterocycles. The first kappa shape index (κ1) is 15.2. The molecule has 1 heterocycles. The summed E-state index contributed by atoms with van der Waals surface area (Å²) < 4.78 is 10.3. The molecule has 0 bridgehead atoms. The lowest BCUT2D eigenvalue weighted by Crippen LogP contribution is -2.30. The zero-order chi connectivity index (χ0) is 14.4. The van der Waals surface area contributed by atoms with Crippen LogP contribution in [0.5, 0.6) is 0 Å². The Morgan fingerprint density at radius 1 is 1.42 bits per heavy atom. The van der Waals surface area contributed by atoms with E-state index in [0.29, 0.717) is 0 Å². The van der Waals surface area contributed by atoms with Gasteiger partial charge in [0.25, 0.3) is 5.56 Å². The highest BCUT2D eigenvalue weighted by Crippen LogP contribution is 2.10. The first-order chi connectivity index (χ1) is 8.95. The second-order valence-electron chi connectivity index (χ2n) is 3.52. The van der Waals surface area contributed by atoms with Gasteiger partial charge in [-0.15, -0.1) is 0 Å². The minimum atomic E-state index is -0.596. The fourth-order valence-electron chi connectivity index (χ4n) is 1.25. The molecule has 19 heavy (non-hydrogen) atoms. The average molecular weight is 289 g/mol. The second-order valence-corrected chi connectivity index (χ2v) is 3.93. The SMILES string of the molecule is CCOC(=O)Cn1ncc(Cl)c(COC(C)=O)c1=O. The molecule has 0 unspecified atom stereocenters. The van der Waals surface area contributed by atoms with Gasteiger partial charge in [-0.1, -0.05) is 11.6 Å². The maximum Gasteiger partial charge on any atom is 0.327 e. The zero-order valence-corrected chi connectivity index (χ0v) is 11.3. The molecular weight excluding hydrogens is 276 g/mol. The Labute approximate surface area is 114 Å². The van der Waals surface area contributed by atoms with Crippen molar-refractivity contribution in [3.63, 3.8) is 0 Å². The molecule has 0 saturated heterocycles. The van der Waals surface area contributed by atoms with Crippen LogP contribution in [0.25, 0.3) is 0 Å². The minimum absolute atomic E-state index is 0.0659. The first-order valence-electron chi connectivity index (χ1n) is 5.49. The lowest BCUT2D eigenvalue weighted by atomic mass is 10.3. The topological polar surface area (TPSA) is 87.5 Å². The molecule has 8 heteroatoms. The Hall–Kier alpha value is -1.89. The van der Waals surface area contributed by atoms with Crippen molar-refractivity contribution in [2.24, 2.45) is 0 Å². The predicted octanol–water partition coefficient (Wildman–Crippen LogP) is 0.523. The van der Waals surface area contributed by atoms with Crippen LogP contribution in [-0.4, -0.2) is 28.3 Å². The van der Waals surface area contributed by atoms with Crippen LogP contribution in [-0.2, 0) is 32.2 Å². The predicted molar refractivity (Wildman–Crippen MR) is 65.6 cm³/mol. The van der Waals surface area contributed by atoms with Gasteiger partial charge < -0.3 is 9.47 Å². The smallest absolute Gasteiger partial charge is 0.327 e. The molecular formula is C11H13ClN2O5. The van der Waals surface area contributed by atoms with Gasteiger partial charge in [-0.3, -0.25) is 14.4 Å². The van der Waals surface area contributed by atoms with Gasteiger partial charge in [-0.2, -0.15) is 5.10 Å².